The molecule has 0 bridgehead atoms. The van der Waals surface area contributed by atoms with E-state index in [2.05, 4.69) is 20.9 Å². The van der Waals surface area contributed by atoms with E-state index in [0.717, 1.165) is 36.5 Å². The zero-order chi connectivity index (χ0) is 19.7. The summed E-state index contributed by atoms with van der Waals surface area (Å²) in [6.07, 6.45) is 1.90. The third-order valence-corrected chi connectivity index (χ3v) is 5.30. The predicted molar refractivity (Wildman–Crippen MR) is 100 cm³/mol. The van der Waals surface area contributed by atoms with E-state index in [1.165, 1.54) is 0 Å². The number of imide groups is 1. The summed E-state index contributed by atoms with van der Waals surface area (Å²) in [7, 11) is 0. The van der Waals surface area contributed by atoms with Gasteiger partial charge in [0, 0.05) is 13.1 Å². The molecule has 0 aliphatic carbocycles. The van der Waals surface area contributed by atoms with Crippen molar-refractivity contribution in [2.45, 2.75) is 25.8 Å². The van der Waals surface area contributed by atoms with Gasteiger partial charge in [-0.1, -0.05) is 17.3 Å². The Balaban J connectivity index is 1.36. The Morgan fingerprint density at radius 1 is 1.18 bits per heavy atom. The number of hydrogen-bond donors (Lipinski definition) is 2. The molecule has 1 saturated heterocycles. The largest absolute Gasteiger partial charge is 0.349 e. The fourth-order valence-electron chi connectivity index (χ4n) is 3.76. The molecule has 1 aromatic heterocycles. The van der Waals surface area contributed by atoms with Gasteiger partial charge in [-0.05, 0) is 45.0 Å². The zero-order valence-electron chi connectivity index (χ0n) is 15.6. The minimum Gasteiger partial charge on any atom is -0.349 e. The lowest BCUT2D eigenvalue weighted by molar-refractivity contribution is 0.0649. The highest BCUT2D eigenvalue weighted by molar-refractivity contribution is 6.21. The van der Waals surface area contributed by atoms with Crippen LogP contribution in [0.15, 0.2) is 24.3 Å². The van der Waals surface area contributed by atoms with Gasteiger partial charge < -0.3 is 10.6 Å². The number of benzene rings is 1. The van der Waals surface area contributed by atoms with Gasteiger partial charge in [0.05, 0.1) is 22.9 Å². The van der Waals surface area contributed by atoms with E-state index in [1.54, 1.807) is 24.3 Å². The average Bonchev–Trinajstić information content (AvgIpc) is 3.22. The summed E-state index contributed by atoms with van der Waals surface area (Å²) in [4.78, 5) is 38.3. The molecule has 3 heterocycles. The number of piperidine rings is 1. The Labute approximate surface area is 162 Å². The number of rotatable bonds is 5. The van der Waals surface area contributed by atoms with Crippen LogP contribution in [-0.4, -0.2) is 63.8 Å². The number of carbonyl (C=O) groups excluding carboxylic acids is 3. The number of nitrogens with zero attached hydrogens (tertiary/aromatic N) is 4. The second-order valence-electron chi connectivity index (χ2n) is 7.01. The quantitative estimate of drug-likeness (QED) is 0.731. The topological polar surface area (TPSA) is 109 Å². The van der Waals surface area contributed by atoms with Crippen LogP contribution in [-0.2, 0) is 0 Å². The van der Waals surface area contributed by atoms with Crippen LogP contribution in [0.4, 0.5) is 0 Å². The first-order valence-electron chi connectivity index (χ1n) is 9.44. The van der Waals surface area contributed by atoms with Crippen molar-refractivity contribution in [2.75, 3.05) is 26.2 Å². The number of fused-ring (bicyclic) bond motifs is 1. The summed E-state index contributed by atoms with van der Waals surface area (Å²) in [5, 5.41) is 14.2. The second-order valence-corrected chi connectivity index (χ2v) is 7.01. The molecule has 28 heavy (non-hydrogen) atoms. The lowest BCUT2D eigenvalue weighted by Crippen LogP contribution is -2.38. The standard InChI is InChI=1S/C19H22N6O3/c1-12-16(22-23-25(12)13-6-8-20-9-7-13)17(26)21-10-11-24-18(27)14-4-2-3-5-15(14)19(24)28/h2-5,13,20H,6-11H2,1H3,(H,21,26). The van der Waals surface area contributed by atoms with Crippen LogP contribution in [0, 0.1) is 6.92 Å². The Morgan fingerprint density at radius 2 is 1.82 bits per heavy atom. The maximum atomic E-state index is 12.5. The Bertz CT molecular complexity index is 897. The number of aromatic nitrogens is 3. The predicted octanol–water partition coefficient (Wildman–Crippen LogP) is 0.537. The fraction of sp³-hybridized carbons (Fsp3) is 0.421. The van der Waals surface area contributed by atoms with E-state index in [1.807, 2.05) is 11.6 Å². The first-order valence-corrected chi connectivity index (χ1v) is 9.44. The third kappa shape index (κ3) is 3.18. The minimum absolute atomic E-state index is 0.111. The lowest BCUT2D eigenvalue weighted by atomic mass is 10.1. The molecule has 1 aromatic carbocycles. The van der Waals surface area contributed by atoms with E-state index in [9.17, 15) is 14.4 Å². The molecule has 2 N–H and O–H groups in total. The summed E-state index contributed by atoms with van der Waals surface area (Å²) in [5.41, 5.74) is 1.81. The van der Waals surface area contributed by atoms with Gasteiger partial charge in [0.15, 0.2) is 5.69 Å². The molecule has 2 aliphatic rings. The van der Waals surface area contributed by atoms with Gasteiger partial charge in [-0.25, -0.2) is 4.68 Å². The molecule has 4 rings (SSSR count). The summed E-state index contributed by atoms with van der Waals surface area (Å²) in [6.45, 7) is 3.95. The average molecular weight is 382 g/mol. The number of amides is 3. The van der Waals surface area contributed by atoms with Gasteiger partial charge in [0.25, 0.3) is 17.7 Å². The molecular weight excluding hydrogens is 360 g/mol. The van der Waals surface area contributed by atoms with Gasteiger partial charge in [0.1, 0.15) is 0 Å². The monoisotopic (exact) mass is 382 g/mol. The van der Waals surface area contributed by atoms with E-state index in [4.69, 9.17) is 0 Å². The van der Waals surface area contributed by atoms with Crippen molar-refractivity contribution in [3.05, 3.63) is 46.8 Å². The van der Waals surface area contributed by atoms with Crippen LogP contribution in [0.3, 0.4) is 0 Å². The van der Waals surface area contributed by atoms with Crippen LogP contribution in [0.1, 0.15) is 55.8 Å². The van der Waals surface area contributed by atoms with Crippen LogP contribution in [0.5, 0.6) is 0 Å². The molecule has 146 valence electrons. The van der Waals surface area contributed by atoms with Crippen molar-refractivity contribution >= 4 is 17.7 Å². The zero-order valence-corrected chi connectivity index (χ0v) is 15.6. The molecule has 1 fully saturated rings. The minimum atomic E-state index is -0.353. The van der Waals surface area contributed by atoms with Crippen LogP contribution >= 0.6 is 0 Å². The molecular formula is C19H22N6O3. The van der Waals surface area contributed by atoms with Gasteiger partial charge >= 0.3 is 0 Å². The first kappa shape index (κ1) is 18.3. The van der Waals surface area contributed by atoms with Crippen molar-refractivity contribution in [3.8, 4) is 0 Å². The SMILES string of the molecule is Cc1c(C(=O)NCCN2C(=O)c3ccccc3C2=O)nnn1C1CCNCC1. The number of hydrogen-bond acceptors (Lipinski definition) is 6. The maximum Gasteiger partial charge on any atom is 0.273 e. The Hall–Kier alpha value is -3.07. The number of carbonyl (C=O) groups is 3. The van der Waals surface area contributed by atoms with Crippen LogP contribution in [0.25, 0.3) is 0 Å². The smallest absolute Gasteiger partial charge is 0.273 e. The van der Waals surface area contributed by atoms with E-state index in [-0.39, 0.29) is 42.5 Å². The van der Waals surface area contributed by atoms with Crippen molar-refractivity contribution in [1.29, 1.82) is 0 Å². The van der Waals surface area contributed by atoms with Gasteiger partial charge in [0.2, 0.25) is 0 Å². The van der Waals surface area contributed by atoms with Crippen molar-refractivity contribution in [3.63, 3.8) is 0 Å². The molecule has 0 unspecified atom stereocenters. The van der Waals surface area contributed by atoms with E-state index >= 15 is 0 Å². The molecule has 9 nitrogen and oxygen atoms in total. The highest BCUT2D eigenvalue weighted by Gasteiger charge is 2.34. The molecule has 9 heteroatoms. The van der Waals surface area contributed by atoms with E-state index < -0.39 is 0 Å². The summed E-state index contributed by atoms with van der Waals surface area (Å²) in [6, 6.07) is 6.97. The molecule has 2 aromatic rings. The van der Waals surface area contributed by atoms with Crippen LogP contribution < -0.4 is 10.6 Å². The maximum absolute atomic E-state index is 12.5. The van der Waals surface area contributed by atoms with Crippen molar-refractivity contribution in [2.24, 2.45) is 0 Å². The molecule has 0 radical (unpaired) electrons. The molecule has 2 aliphatic heterocycles. The Kier molecular flexibility index (Phi) is 4.91. The molecule has 0 spiro atoms. The Morgan fingerprint density at radius 3 is 2.46 bits per heavy atom. The number of nitrogens with one attached hydrogen (secondary N) is 2. The highest BCUT2D eigenvalue weighted by atomic mass is 16.2. The van der Waals surface area contributed by atoms with Crippen molar-refractivity contribution < 1.29 is 14.4 Å². The summed E-state index contributed by atoms with van der Waals surface area (Å²) < 4.78 is 1.82. The van der Waals surface area contributed by atoms with Gasteiger partial charge in [-0.3, -0.25) is 19.3 Å². The summed E-state index contributed by atoms with van der Waals surface area (Å²) >= 11 is 0. The summed E-state index contributed by atoms with van der Waals surface area (Å²) in [5.74, 6) is -1.01. The molecule has 0 atom stereocenters. The fourth-order valence-corrected chi connectivity index (χ4v) is 3.76. The third-order valence-electron chi connectivity index (χ3n) is 5.30. The molecule has 0 saturated carbocycles. The van der Waals surface area contributed by atoms with Crippen LogP contribution in [0.2, 0.25) is 0 Å². The normalized spacial score (nSPS) is 17.1. The first-order chi connectivity index (χ1) is 13.6. The lowest BCUT2D eigenvalue weighted by Gasteiger charge is -2.23. The molecule has 3 amide bonds. The van der Waals surface area contributed by atoms with Gasteiger partial charge in [-0.15, -0.1) is 5.10 Å². The highest BCUT2D eigenvalue weighted by Crippen LogP contribution is 2.22. The van der Waals surface area contributed by atoms with E-state index in [0.29, 0.717) is 11.1 Å². The van der Waals surface area contributed by atoms with Crippen molar-refractivity contribution in [1.82, 2.24) is 30.5 Å². The van der Waals surface area contributed by atoms with Gasteiger partial charge in [-0.2, -0.15) is 0 Å². The second kappa shape index (κ2) is 7.51.